The molecule has 1 rings (SSSR count). The van der Waals surface area contributed by atoms with Gasteiger partial charge in [-0.25, -0.2) is 8.42 Å². The molecule has 0 unspecified atom stereocenters. The van der Waals surface area contributed by atoms with E-state index in [2.05, 4.69) is 15.5 Å². The minimum Gasteiger partial charge on any atom is -0.351 e. The van der Waals surface area contributed by atoms with Crippen LogP contribution < -0.4 is 5.32 Å². The van der Waals surface area contributed by atoms with Crippen LogP contribution in [0.15, 0.2) is 6.07 Å². The molecule has 0 aliphatic rings. The predicted molar refractivity (Wildman–Crippen MR) is 68.7 cm³/mol. The number of amides is 1. The SMILES string of the molecule is CCS(=O)(=O)CCNC(=O)c1cc(Cl)nnc1Cl. The Labute approximate surface area is 115 Å². The van der Waals surface area contributed by atoms with E-state index < -0.39 is 15.7 Å². The summed E-state index contributed by atoms with van der Waals surface area (Å²) in [6, 6.07) is 1.26. The Morgan fingerprint density at radius 3 is 2.67 bits per heavy atom. The Kier molecular flexibility index (Phi) is 5.30. The average Bonchev–Trinajstić information content (AvgIpc) is 2.32. The van der Waals surface area contributed by atoms with Crippen molar-refractivity contribution in [3.8, 4) is 0 Å². The molecule has 1 heterocycles. The van der Waals surface area contributed by atoms with Gasteiger partial charge in [0.05, 0.1) is 11.3 Å². The lowest BCUT2D eigenvalue weighted by atomic mass is 10.3. The van der Waals surface area contributed by atoms with Crippen LogP contribution in [-0.2, 0) is 9.84 Å². The quantitative estimate of drug-likeness (QED) is 0.874. The zero-order valence-corrected chi connectivity index (χ0v) is 11.8. The first-order valence-corrected chi connectivity index (χ1v) is 7.61. The van der Waals surface area contributed by atoms with Gasteiger partial charge in [0, 0.05) is 12.3 Å². The summed E-state index contributed by atoms with van der Waals surface area (Å²) >= 11 is 11.3. The Hall–Kier alpha value is -0.920. The number of rotatable bonds is 5. The number of hydrogen-bond acceptors (Lipinski definition) is 5. The first-order valence-electron chi connectivity index (χ1n) is 5.03. The molecule has 6 nitrogen and oxygen atoms in total. The lowest BCUT2D eigenvalue weighted by Gasteiger charge is -2.06. The highest BCUT2D eigenvalue weighted by Gasteiger charge is 2.14. The van der Waals surface area contributed by atoms with Crippen molar-refractivity contribution in [2.75, 3.05) is 18.1 Å². The van der Waals surface area contributed by atoms with E-state index in [0.29, 0.717) is 0 Å². The largest absolute Gasteiger partial charge is 0.351 e. The number of sulfone groups is 1. The van der Waals surface area contributed by atoms with Gasteiger partial charge in [-0.3, -0.25) is 4.79 Å². The van der Waals surface area contributed by atoms with Gasteiger partial charge >= 0.3 is 0 Å². The Balaban J connectivity index is 2.64. The fourth-order valence-electron chi connectivity index (χ4n) is 1.07. The van der Waals surface area contributed by atoms with Crippen molar-refractivity contribution in [1.29, 1.82) is 0 Å². The van der Waals surface area contributed by atoms with E-state index >= 15 is 0 Å². The zero-order chi connectivity index (χ0) is 13.8. The van der Waals surface area contributed by atoms with Gasteiger partial charge in [-0.05, 0) is 6.07 Å². The smallest absolute Gasteiger partial charge is 0.254 e. The average molecular weight is 312 g/mol. The summed E-state index contributed by atoms with van der Waals surface area (Å²) in [6.45, 7) is 1.55. The van der Waals surface area contributed by atoms with Crippen molar-refractivity contribution in [2.45, 2.75) is 6.92 Å². The molecule has 0 spiro atoms. The van der Waals surface area contributed by atoms with Crippen molar-refractivity contribution in [3.63, 3.8) is 0 Å². The number of halogens is 2. The summed E-state index contributed by atoms with van der Waals surface area (Å²) in [6.07, 6.45) is 0. The molecule has 9 heteroatoms. The van der Waals surface area contributed by atoms with E-state index in [1.54, 1.807) is 6.92 Å². The minimum absolute atomic E-state index is 0.00524. The molecule has 1 aromatic rings. The standard InChI is InChI=1S/C9H11Cl2N3O3S/c1-2-18(16,17)4-3-12-9(15)6-5-7(10)13-14-8(6)11/h5H,2-4H2,1H3,(H,12,15). The number of aromatic nitrogens is 2. The molecule has 0 aromatic carbocycles. The van der Waals surface area contributed by atoms with E-state index in [1.165, 1.54) is 6.07 Å². The van der Waals surface area contributed by atoms with Gasteiger partial charge in [-0.15, -0.1) is 10.2 Å². The van der Waals surface area contributed by atoms with Crippen LogP contribution >= 0.6 is 23.2 Å². The normalized spacial score (nSPS) is 11.3. The van der Waals surface area contributed by atoms with Gasteiger partial charge < -0.3 is 5.32 Å². The minimum atomic E-state index is -3.12. The lowest BCUT2D eigenvalue weighted by Crippen LogP contribution is -2.30. The molecule has 1 N–H and O–H groups in total. The van der Waals surface area contributed by atoms with Gasteiger partial charge in [0.25, 0.3) is 5.91 Å². The van der Waals surface area contributed by atoms with Crippen LogP contribution in [-0.4, -0.2) is 42.6 Å². The second kappa shape index (κ2) is 6.31. The van der Waals surface area contributed by atoms with E-state index in [9.17, 15) is 13.2 Å². The van der Waals surface area contributed by atoms with E-state index in [1.807, 2.05) is 0 Å². The third-order valence-electron chi connectivity index (χ3n) is 2.10. The molecule has 0 fully saturated rings. The Morgan fingerprint density at radius 2 is 2.06 bits per heavy atom. The van der Waals surface area contributed by atoms with Gasteiger partial charge in [0.1, 0.15) is 0 Å². The van der Waals surface area contributed by atoms with Crippen LogP contribution in [0, 0.1) is 0 Å². The van der Waals surface area contributed by atoms with Gasteiger partial charge in [0.2, 0.25) is 0 Å². The second-order valence-electron chi connectivity index (χ2n) is 3.36. The highest BCUT2D eigenvalue weighted by atomic mass is 35.5. The first-order chi connectivity index (χ1) is 8.35. The monoisotopic (exact) mass is 311 g/mol. The van der Waals surface area contributed by atoms with E-state index in [4.69, 9.17) is 23.2 Å². The van der Waals surface area contributed by atoms with Crippen LogP contribution in [0.5, 0.6) is 0 Å². The van der Waals surface area contributed by atoms with Crippen LogP contribution in [0.1, 0.15) is 17.3 Å². The zero-order valence-electron chi connectivity index (χ0n) is 9.48. The number of nitrogens with zero attached hydrogens (tertiary/aromatic N) is 2. The maximum absolute atomic E-state index is 11.7. The Morgan fingerprint density at radius 1 is 1.39 bits per heavy atom. The first kappa shape index (κ1) is 15.1. The summed E-state index contributed by atoms with van der Waals surface area (Å²) in [7, 11) is -3.12. The third-order valence-corrected chi connectivity index (χ3v) is 4.27. The highest BCUT2D eigenvalue weighted by Crippen LogP contribution is 2.14. The number of carbonyl (C=O) groups is 1. The molecule has 0 saturated carbocycles. The molecule has 0 atom stereocenters. The molecular formula is C9H11Cl2N3O3S. The summed E-state index contributed by atoms with van der Waals surface area (Å²) in [5.41, 5.74) is 0.0607. The molecule has 0 aliphatic heterocycles. The van der Waals surface area contributed by atoms with Crippen molar-refractivity contribution in [1.82, 2.24) is 15.5 Å². The van der Waals surface area contributed by atoms with Crippen molar-refractivity contribution in [2.24, 2.45) is 0 Å². The molecule has 1 aromatic heterocycles. The van der Waals surface area contributed by atoms with Crippen molar-refractivity contribution in [3.05, 3.63) is 21.9 Å². The number of nitrogens with one attached hydrogen (secondary N) is 1. The summed E-state index contributed by atoms with van der Waals surface area (Å²) in [5, 5.41) is 9.31. The summed E-state index contributed by atoms with van der Waals surface area (Å²) in [4.78, 5) is 11.7. The van der Waals surface area contributed by atoms with Gasteiger partial charge in [-0.1, -0.05) is 30.1 Å². The molecule has 0 bridgehead atoms. The summed E-state index contributed by atoms with van der Waals surface area (Å²) < 4.78 is 22.4. The van der Waals surface area contributed by atoms with E-state index in [0.717, 1.165) is 0 Å². The maximum atomic E-state index is 11.7. The highest BCUT2D eigenvalue weighted by molar-refractivity contribution is 7.91. The maximum Gasteiger partial charge on any atom is 0.254 e. The molecule has 1 amide bonds. The fourth-order valence-corrected chi connectivity index (χ4v) is 2.10. The molecule has 100 valence electrons. The molecular weight excluding hydrogens is 301 g/mol. The van der Waals surface area contributed by atoms with Gasteiger partial charge in [0.15, 0.2) is 20.1 Å². The van der Waals surface area contributed by atoms with Crippen molar-refractivity contribution >= 4 is 38.9 Å². The van der Waals surface area contributed by atoms with E-state index in [-0.39, 0.29) is 33.9 Å². The van der Waals surface area contributed by atoms with Crippen LogP contribution in [0.25, 0.3) is 0 Å². The lowest BCUT2D eigenvalue weighted by molar-refractivity contribution is 0.0955. The van der Waals surface area contributed by atoms with Crippen LogP contribution in [0.2, 0.25) is 10.3 Å². The Bertz CT molecular complexity index is 548. The van der Waals surface area contributed by atoms with Crippen LogP contribution in [0.4, 0.5) is 0 Å². The molecule has 0 saturated heterocycles. The summed E-state index contributed by atoms with van der Waals surface area (Å²) in [5.74, 6) is -0.631. The third kappa shape index (κ3) is 4.40. The number of carbonyl (C=O) groups excluding carboxylic acids is 1. The fraction of sp³-hybridized carbons (Fsp3) is 0.444. The predicted octanol–water partition coefficient (Wildman–Crippen LogP) is 0.948. The van der Waals surface area contributed by atoms with Gasteiger partial charge in [-0.2, -0.15) is 0 Å². The van der Waals surface area contributed by atoms with Crippen molar-refractivity contribution < 1.29 is 13.2 Å². The second-order valence-corrected chi connectivity index (χ2v) is 6.58. The molecule has 18 heavy (non-hydrogen) atoms. The van der Waals surface area contributed by atoms with Crippen LogP contribution in [0.3, 0.4) is 0 Å². The topological polar surface area (TPSA) is 89.0 Å². The molecule has 0 aliphatic carbocycles. The molecule has 0 radical (unpaired) electrons. The number of hydrogen-bond donors (Lipinski definition) is 1.